The van der Waals surface area contributed by atoms with E-state index in [-0.39, 0.29) is 0 Å². The van der Waals surface area contributed by atoms with Crippen molar-refractivity contribution in [3.63, 3.8) is 0 Å². The smallest absolute Gasteiger partial charge is 0.315 e. The van der Waals surface area contributed by atoms with Crippen LogP contribution in [0.15, 0.2) is 22.9 Å². The summed E-state index contributed by atoms with van der Waals surface area (Å²) in [7, 11) is 1.83. The second-order valence-corrected chi connectivity index (χ2v) is 3.69. The average Bonchev–Trinajstić information content (AvgIpc) is 2.76. The van der Waals surface area contributed by atoms with Crippen LogP contribution in [0.4, 0.5) is 6.01 Å². The molecule has 6 nitrogen and oxygen atoms in total. The minimum atomic E-state index is 0.429. The van der Waals surface area contributed by atoms with Crippen molar-refractivity contribution in [3.8, 4) is 0 Å². The predicted octanol–water partition coefficient (Wildman–Crippen LogP) is 1.10. The Hall–Kier alpha value is -1.95. The number of hydrogen-bond acceptors (Lipinski definition) is 6. The normalized spacial score (nSPS) is 10.5. The second-order valence-electron chi connectivity index (χ2n) is 3.69. The van der Waals surface area contributed by atoms with Gasteiger partial charge in [-0.15, -0.1) is 5.10 Å². The Kier molecular flexibility index (Phi) is 3.66. The molecule has 0 fully saturated rings. The summed E-state index contributed by atoms with van der Waals surface area (Å²) < 4.78 is 5.37. The summed E-state index contributed by atoms with van der Waals surface area (Å²) in [5, 5.41) is 13.8. The van der Waals surface area contributed by atoms with E-state index in [4.69, 9.17) is 4.42 Å². The summed E-state index contributed by atoms with van der Waals surface area (Å²) in [5.74, 6) is 0.568. The van der Waals surface area contributed by atoms with Crippen LogP contribution in [0.5, 0.6) is 0 Å². The fourth-order valence-corrected chi connectivity index (χ4v) is 1.40. The van der Waals surface area contributed by atoms with Crippen molar-refractivity contribution in [2.45, 2.75) is 20.0 Å². The lowest BCUT2D eigenvalue weighted by molar-refractivity contribution is 0.489. The van der Waals surface area contributed by atoms with Gasteiger partial charge in [-0.05, 0) is 31.2 Å². The van der Waals surface area contributed by atoms with Gasteiger partial charge in [-0.25, -0.2) is 0 Å². The van der Waals surface area contributed by atoms with Crippen LogP contribution in [-0.4, -0.2) is 22.2 Å². The number of aromatic nitrogens is 3. The molecule has 0 saturated heterocycles. The van der Waals surface area contributed by atoms with Crippen LogP contribution in [0.25, 0.3) is 0 Å². The molecule has 2 heterocycles. The SMILES string of the molecule is CNCc1nnc(NCc2cnccc2C)o1. The molecule has 0 saturated carbocycles. The van der Waals surface area contributed by atoms with E-state index < -0.39 is 0 Å². The van der Waals surface area contributed by atoms with Crippen molar-refractivity contribution in [2.75, 3.05) is 12.4 Å². The summed E-state index contributed by atoms with van der Waals surface area (Å²) in [4.78, 5) is 4.08. The molecule has 2 rings (SSSR count). The van der Waals surface area contributed by atoms with Crippen LogP contribution in [0.3, 0.4) is 0 Å². The minimum absolute atomic E-state index is 0.429. The van der Waals surface area contributed by atoms with Crippen molar-refractivity contribution in [3.05, 3.63) is 35.5 Å². The van der Waals surface area contributed by atoms with E-state index in [1.807, 2.05) is 26.2 Å². The van der Waals surface area contributed by atoms with Gasteiger partial charge in [0.25, 0.3) is 0 Å². The first kappa shape index (κ1) is 11.5. The number of anilines is 1. The minimum Gasteiger partial charge on any atom is -0.407 e. The quantitative estimate of drug-likeness (QED) is 0.805. The summed E-state index contributed by atoms with van der Waals surface area (Å²) in [5.41, 5.74) is 2.29. The van der Waals surface area contributed by atoms with Crippen LogP contribution >= 0.6 is 0 Å². The second kappa shape index (κ2) is 5.40. The van der Waals surface area contributed by atoms with Gasteiger partial charge in [-0.1, -0.05) is 5.10 Å². The molecule has 0 aromatic carbocycles. The summed E-state index contributed by atoms with van der Waals surface area (Å²) in [6.45, 7) is 3.24. The number of rotatable bonds is 5. The molecule has 0 bridgehead atoms. The molecule has 90 valence electrons. The Bertz CT molecular complexity index is 482. The van der Waals surface area contributed by atoms with Gasteiger partial charge in [0.05, 0.1) is 6.54 Å². The molecule has 0 amide bonds. The third-order valence-corrected chi connectivity index (χ3v) is 2.37. The van der Waals surface area contributed by atoms with Gasteiger partial charge < -0.3 is 15.1 Å². The molecule has 0 radical (unpaired) electrons. The zero-order valence-electron chi connectivity index (χ0n) is 9.90. The molecule has 6 heteroatoms. The Morgan fingerprint density at radius 1 is 1.29 bits per heavy atom. The van der Waals surface area contributed by atoms with E-state index in [0.29, 0.717) is 25.0 Å². The number of nitrogens with one attached hydrogen (secondary N) is 2. The Labute approximate surface area is 99.5 Å². The van der Waals surface area contributed by atoms with Crippen LogP contribution < -0.4 is 10.6 Å². The highest BCUT2D eigenvalue weighted by Gasteiger charge is 2.05. The van der Waals surface area contributed by atoms with Crippen molar-refractivity contribution in [1.82, 2.24) is 20.5 Å². The monoisotopic (exact) mass is 233 g/mol. The summed E-state index contributed by atoms with van der Waals surface area (Å²) in [6.07, 6.45) is 3.60. The van der Waals surface area contributed by atoms with Gasteiger partial charge in [0, 0.05) is 18.9 Å². The number of nitrogens with zero attached hydrogens (tertiary/aromatic N) is 3. The van der Waals surface area contributed by atoms with Gasteiger partial charge in [0.1, 0.15) is 0 Å². The molecule has 2 N–H and O–H groups in total. The fraction of sp³-hybridized carbons (Fsp3) is 0.364. The van der Waals surface area contributed by atoms with Crippen LogP contribution in [0.2, 0.25) is 0 Å². The zero-order valence-corrected chi connectivity index (χ0v) is 9.90. The van der Waals surface area contributed by atoms with E-state index >= 15 is 0 Å². The Morgan fingerprint density at radius 3 is 2.94 bits per heavy atom. The van der Waals surface area contributed by atoms with Gasteiger partial charge in [0.2, 0.25) is 5.89 Å². The van der Waals surface area contributed by atoms with E-state index in [1.165, 1.54) is 5.56 Å². The lowest BCUT2D eigenvalue weighted by atomic mass is 10.2. The van der Waals surface area contributed by atoms with Crippen molar-refractivity contribution in [1.29, 1.82) is 0 Å². The number of aryl methyl sites for hydroxylation is 1. The van der Waals surface area contributed by atoms with Gasteiger partial charge in [-0.3, -0.25) is 4.98 Å². The van der Waals surface area contributed by atoms with Gasteiger partial charge >= 0.3 is 6.01 Å². The van der Waals surface area contributed by atoms with Crippen molar-refractivity contribution < 1.29 is 4.42 Å². The predicted molar refractivity (Wildman–Crippen MR) is 63.4 cm³/mol. The summed E-state index contributed by atoms with van der Waals surface area (Å²) >= 11 is 0. The van der Waals surface area contributed by atoms with Crippen molar-refractivity contribution >= 4 is 6.01 Å². The molecule has 0 spiro atoms. The third-order valence-electron chi connectivity index (χ3n) is 2.37. The number of pyridine rings is 1. The topological polar surface area (TPSA) is 75.9 Å². The highest BCUT2D eigenvalue weighted by molar-refractivity contribution is 5.27. The highest BCUT2D eigenvalue weighted by Crippen LogP contribution is 2.09. The summed E-state index contributed by atoms with van der Waals surface area (Å²) in [6, 6.07) is 2.40. The van der Waals surface area contributed by atoms with Gasteiger partial charge in [-0.2, -0.15) is 0 Å². The zero-order chi connectivity index (χ0) is 12.1. The largest absolute Gasteiger partial charge is 0.407 e. The molecule has 0 aliphatic heterocycles. The molecule has 0 aliphatic rings. The molecule has 0 unspecified atom stereocenters. The molecule has 17 heavy (non-hydrogen) atoms. The Morgan fingerprint density at radius 2 is 2.18 bits per heavy atom. The average molecular weight is 233 g/mol. The molecule has 2 aromatic heterocycles. The first-order valence-corrected chi connectivity index (χ1v) is 5.40. The van der Waals surface area contributed by atoms with Crippen LogP contribution in [-0.2, 0) is 13.1 Å². The molecule has 2 aromatic rings. The Balaban J connectivity index is 1.95. The first-order chi connectivity index (χ1) is 8.29. The molecule has 0 atom stereocenters. The molecule has 0 aliphatic carbocycles. The maximum atomic E-state index is 5.37. The molecular formula is C11H15N5O. The standard InChI is InChI=1S/C11H15N5O/c1-8-3-4-13-5-9(8)6-14-11-16-15-10(17-11)7-12-2/h3-5,12H,6-7H2,1-2H3,(H,14,16). The fourth-order valence-electron chi connectivity index (χ4n) is 1.40. The maximum absolute atomic E-state index is 5.37. The lowest BCUT2D eigenvalue weighted by Gasteiger charge is -2.04. The van der Waals surface area contributed by atoms with E-state index in [1.54, 1.807) is 6.20 Å². The first-order valence-electron chi connectivity index (χ1n) is 5.40. The highest BCUT2D eigenvalue weighted by atomic mass is 16.4. The number of hydrogen-bond donors (Lipinski definition) is 2. The van der Waals surface area contributed by atoms with Crippen LogP contribution in [0, 0.1) is 6.92 Å². The molecular weight excluding hydrogens is 218 g/mol. The van der Waals surface area contributed by atoms with Gasteiger partial charge in [0.15, 0.2) is 0 Å². The van der Waals surface area contributed by atoms with E-state index in [2.05, 4.69) is 25.8 Å². The van der Waals surface area contributed by atoms with Crippen molar-refractivity contribution in [2.24, 2.45) is 0 Å². The third kappa shape index (κ3) is 3.01. The van der Waals surface area contributed by atoms with Crippen LogP contribution in [0.1, 0.15) is 17.0 Å². The van der Waals surface area contributed by atoms with E-state index in [9.17, 15) is 0 Å². The lowest BCUT2D eigenvalue weighted by Crippen LogP contribution is -2.05. The maximum Gasteiger partial charge on any atom is 0.315 e. The van der Waals surface area contributed by atoms with E-state index in [0.717, 1.165) is 5.56 Å².